The summed E-state index contributed by atoms with van der Waals surface area (Å²) in [6.07, 6.45) is 1.17. The van der Waals surface area contributed by atoms with Crippen LogP contribution in [0.2, 0.25) is 0 Å². The maximum Gasteiger partial charge on any atom is 0.208 e. The van der Waals surface area contributed by atoms with Crippen molar-refractivity contribution in [2.24, 2.45) is 0 Å². The van der Waals surface area contributed by atoms with E-state index in [4.69, 9.17) is 9.47 Å². The Morgan fingerprint density at radius 3 is 3.00 bits per heavy atom. The quantitative estimate of drug-likeness (QED) is 0.869. The molecule has 1 atom stereocenters. The normalized spacial score (nSPS) is 19.5. The van der Waals surface area contributed by atoms with Gasteiger partial charge in [-0.1, -0.05) is 42.1 Å². The Morgan fingerprint density at radius 1 is 1.32 bits per heavy atom. The van der Waals surface area contributed by atoms with Gasteiger partial charge in [-0.05, 0) is 6.42 Å². The highest BCUT2D eigenvalue weighted by molar-refractivity contribution is 7.99. The largest absolute Gasteiger partial charge is 0.355 e. The molecule has 3 rings (SSSR count). The van der Waals surface area contributed by atoms with Crippen molar-refractivity contribution in [3.8, 4) is 11.4 Å². The van der Waals surface area contributed by atoms with Crippen molar-refractivity contribution in [3.63, 3.8) is 0 Å². The van der Waals surface area contributed by atoms with Crippen LogP contribution in [-0.4, -0.2) is 40.4 Å². The second kappa shape index (κ2) is 6.18. The number of aromatic nitrogens is 3. The topological polar surface area (TPSA) is 60.0 Å². The van der Waals surface area contributed by atoms with Crippen molar-refractivity contribution in [3.05, 3.63) is 30.3 Å². The second-order valence-corrected chi connectivity index (χ2v) is 5.23. The average Bonchev–Trinajstić information content (AvgIpc) is 2.96. The van der Waals surface area contributed by atoms with Crippen LogP contribution in [0.1, 0.15) is 6.42 Å². The van der Waals surface area contributed by atoms with E-state index in [1.54, 1.807) is 11.8 Å². The van der Waals surface area contributed by atoms with Crippen LogP contribution in [0.15, 0.2) is 35.5 Å². The van der Waals surface area contributed by atoms with E-state index in [-0.39, 0.29) is 6.10 Å². The highest BCUT2D eigenvalue weighted by Crippen LogP contribution is 2.21. The van der Waals surface area contributed by atoms with Crippen LogP contribution in [0.5, 0.6) is 0 Å². The molecular formula is C13H15N3O2S. The van der Waals surface area contributed by atoms with Gasteiger partial charge < -0.3 is 9.47 Å². The Bertz CT molecular complexity index is 512. The van der Waals surface area contributed by atoms with Crippen molar-refractivity contribution in [2.45, 2.75) is 17.7 Å². The molecule has 0 bridgehead atoms. The molecular weight excluding hydrogens is 262 g/mol. The van der Waals surface area contributed by atoms with Gasteiger partial charge in [0.2, 0.25) is 5.16 Å². The number of benzene rings is 1. The minimum absolute atomic E-state index is 0.234. The zero-order valence-corrected chi connectivity index (χ0v) is 11.2. The fourth-order valence-corrected chi connectivity index (χ4v) is 2.70. The van der Waals surface area contributed by atoms with Crippen molar-refractivity contribution >= 4 is 11.8 Å². The van der Waals surface area contributed by atoms with Gasteiger partial charge in [-0.2, -0.15) is 0 Å². The minimum atomic E-state index is 0.234. The average molecular weight is 277 g/mol. The summed E-state index contributed by atoms with van der Waals surface area (Å²) in [5.74, 6) is 1.66. The number of hydrogen-bond donors (Lipinski definition) is 1. The number of H-pyrrole nitrogens is 1. The number of ether oxygens (including phenoxy) is 2. The molecule has 1 fully saturated rings. The van der Waals surface area contributed by atoms with E-state index in [9.17, 15) is 0 Å². The van der Waals surface area contributed by atoms with Crippen LogP contribution < -0.4 is 0 Å². The van der Waals surface area contributed by atoms with Crippen LogP contribution in [0.4, 0.5) is 0 Å². The molecule has 1 saturated heterocycles. The van der Waals surface area contributed by atoms with Gasteiger partial charge in [0.05, 0.1) is 12.7 Å². The van der Waals surface area contributed by atoms with E-state index >= 15 is 0 Å². The molecule has 1 aliphatic heterocycles. The van der Waals surface area contributed by atoms with Crippen LogP contribution in [0.3, 0.4) is 0 Å². The first-order chi connectivity index (χ1) is 9.42. The number of hydrogen-bond acceptors (Lipinski definition) is 5. The molecule has 2 heterocycles. The molecule has 1 N–H and O–H groups in total. The minimum Gasteiger partial charge on any atom is -0.355 e. The first-order valence-corrected chi connectivity index (χ1v) is 7.20. The van der Waals surface area contributed by atoms with E-state index in [0.29, 0.717) is 6.79 Å². The zero-order valence-electron chi connectivity index (χ0n) is 10.4. The van der Waals surface area contributed by atoms with Crippen LogP contribution in [-0.2, 0) is 9.47 Å². The molecule has 100 valence electrons. The SMILES string of the molecule is c1ccc(-c2nc(SC[C@@H]3CCOCO3)n[nH]2)cc1. The third-order valence-electron chi connectivity index (χ3n) is 2.88. The van der Waals surface area contributed by atoms with Gasteiger partial charge in [0.15, 0.2) is 5.82 Å². The van der Waals surface area contributed by atoms with Crippen LogP contribution in [0.25, 0.3) is 11.4 Å². The number of nitrogens with one attached hydrogen (secondary N) is 1. The Kier molecular flexibility index (Phi) is 4.12. The molecule has 0 amide bonds. The molecule has 1 aromatic carbocycles. The van der Waals surface area contributed by atoms with Crippen LogP contribution >= 0.6 is 11.8 Å². The molecule has 0 aliphatic carbocycles. The Balaban J connectivity index is 1.59. The molecule has 2 aromatic rings. The predicted molar refractivity (Wildman–Crippen MR) is 72.9 cm³/mol. The first kappa shape index (κ1) is 12.7. The van der Waals surface area contributed by atoms with Gasteiger partial charge >= 0.3 is 0 Å². The van der Waals surface area contributed by atoms with E-state index < -0.39 is 0 Å². The lowest BCUT2D eigenvalue weighted by Gasteiger charge is -2.21. The lowest BCUT2D eigenvalue weighted by Crippen LogP contribution is -2.25. The first-order valence-electron chi connectivity index (χ1n) is 6.22. The van der Waals surface area contributed by atoms with Gasteiger partial charge in [-0.3, -0.25) is 5.10 Å². The molecule has 1 aromatic heterocycles. The predicted octanol–water partition coefficient (Wildman–Crippen LogP) is 2.33. The second-order valence-electron chi connectivity index (χ2n) is 4.25. The zero-order chi connectivity index (χ0) is 12.9. The molecule has 1 aliphatic rings. The van der Waals surface area contributed by atoms with E-state index in [0.717, 1.165) is 35.3 Å². The Hall–Kier alpha value is -1.37. The number of rotatable bonds is 4. The molecule has 6 heteroatoms. The summed E-state index contributed by atoms with van der Waals surface area (Å²) in [4.78, 5) is 4.47. The molecule has 0 unspecified atom stereocenters. The van der Waals surface area contributed by atoms with Gasteiger partial charge in [0.25, 0.3) is 0 Å². The summed E-state index contributed by atoms with van der Waals surface area (Å²) in [5, 5.41) is 7.94. The van der Waals surface area contributed by atoms with Crippen molar-refractivity contribution in [2.75, 3.05) is 19.2 Å². The van der Waals surface area contributed by atoms with Crippen molar-refractivity contribution < 1.29 is 9.47 Å². The summed E-state index contributed by atoms with van der Waals surface area (Å²) < 4.78 is 10.6. The molecule has 5 nitrogen and oxygen atoms in total. The molecule has 0 spiro atoms. The standard InChI is InChI=1S/C13H15N3O2S/c1-2-4-10(5-3-1)12-14-13(16-15-12)19-8-11-6-7-17-9-18-11/h1-5,11H,6-9H2,(H,14,15,16)/t11-/m0/s1. The highest BCUT2D eigenvalue weighted by atomic mass is 32.2. The monoisotopic (exact) mass is 277 g/mol. The van der Waals surface area contributed by atoms with Gasteiger partial charge in [-0.15, -0.1) is 5.10 Å². The molecule has 0 radical (unpaired) electrons. The Labute approximate surface area is 115 Å². The maximum absolute atomic E-state index is 5.48. The smallest absolute Gasteiger partial charge is 0.208 e. The molecule has 19 heavy (non-hydrogen) atoms. The fourth-order valence-electron chi connectivity index (χ4n) is 1.84. The maximum atomic E-state index is 5.48. The van der Waals surface area contributed by atoms with Gasteiger partial charge in [0, 0.05) is 11.3 Å². The fraction of sp³-hybridized carbons (Fsp3) is 0.385. The number of thioether (sulfide) groups is 1. The summed E-state index contributed by atoms with van der Waals surface area (Å²) >= 11 is 1.61. The molecule has 0 saturated carbocycles. The van der Waals surface area contributed by atoms with Crippen LogP contribution in [0, 0.1) is 0 Å². The lowest BCUT2D eigenvalue weighted by molar-refractivity contribution is -0.130. The summed E-state index contributed by atoms with van der Waals surface area (Å²) in [6.45, 7) is 1.17. The van der Waals surface area contributed by atoms with E-state index in [1.165, 1.54) is 0 Å². The lowest BCUT2D eigenvalue weighted by atomic mass is 10.2. The third kappa shape index (κ3) is 3.34. The third-order valence-corrected chi connectivity index (χ3v) is 3.86. The van der Waals surface area contributed by atoms with Crippen molar-refractivity contribution in [1.29, 1.82) is 0 Å². The number of aromatic amines is 1. The van der Waals surface area contributed by atoms with Gasteiger partial charge in [-0.25, -0.2) is 4.98 Å². The Morgan fingerprint density at radius 2 is 2.21 bits per heavy atom. The van der Waals surface area contributed by atoms with E-state index in [2.05, 4.69) is 15.2 Å². The van der Waals surface area contributed by atoms with E-state index in [1.807, 2.05) is 30.3 Å². The summed E-state index contributed by atoms with van der Waals surface area (Å²) in [7, 11) is 0. The number of nitrogens with zero attached hydrogens (tertiary/aromatic N) is 2. The summed E-state index contributed by atoms with van der Waals surface area (Å²) in [5.41, 5.74) is 1.05. The van der Waals surface area contributed by atoms with Crippen molar-refractivity contribution in [1.82, 2.24) is 15.2 Å². The highest BCUT2D eigenvalue weighted by Gasteiger charge is 2.15. The van der Waals surface area contributed by atoms with Gasteiger partial charge in [0.1, 0.15) is 6.79 Å². The summed E-state index contributed by atoms with van der Waals surface area (Å²) in [6, 6.07) is 9.98.